The summed E-state index contributed by atoms with van der Waals surface area (Å²) >= 11 is 0. The number of carboxylic acid groups (broad SMARTS) is 1. The molecule has 1 heterocycles. The van der Waals surface area contributed by atoms with Gasteiger partial charge in [0.25, 0.3) is 0 Å². The number of carbonyl (C=O) groups is 2. The molecule has 5 heteroatoms. The standard InChI is InChI=1S/C20H22N2O3/c1-14-7-9-17(10-8-14)22-11-3-6-18(19(22)23)21-13-15-4-2-5-16(12-15)20(24)25/h2,4-5,7-10,12,18,21H,3,6,11,13H2,1H3,(H,24,25). The van der Waals surface area contributed by atoms with E-state index in [1.54, 1.807) is 18.2 Å². The maximum absolute atomic E-state index is 12.8. The summed E-state index contributed by atoms with van der Waals surface area (Å²) in [5.41, 5.74) is 3.21. The van der Waals surface area contributed by atoms with Crippen LogP contribution in [0.2, 0.25) is 0 Å². The van der Waals surface area contributed by atoms with Crippen LogP contribution in [0.15, 0.2) is 48.5 Å². The molecule has 0 aliphatic carbocycles. The number of hydrogen-bond donors (Lipinski definition) is 2. The molecule has 2 N–H and O–H groups in total. The summed E-state index contributed by atoms with van der Waals surface area (Å²) in [5, 5.41) is 12.3. The van der Waals surface area contributed by atoms with E-state index in [1.807, 2.05) is 42.2 Å². The van der Waals surface area contributed by atoms with E-state index in [4.69, 9.17) is 5.11 Å². The van der Waals surface area contributed by atoms with Crippen molar-refractivity contribution in [2.24, 2.45) is 0 Å². The van der Waals surface area contributed by atoms with Crippen LogP contribution in [0.3, 0.4) is 0 Å². The molecule has 5 nitrogen and oxygen atoms in total. The Hall–Kier alpha value is -2.66. The van der Waals surface area contributed by atoms with Gasteiger partial charge in [0.15, 0.2) is 0 Å². The molecular formula is C20H22N2O3. The van der Waals surface area contributed by atoms with Crippen molar-refractivity contribution in [2.45, 2.75) is 32.4 Å². The van der Waals surface area contributed by atoms with Gasteiger partial charge >= 0.3 is 5.97 Å². The highest BCUT2D eigenvalue weighted by atomic mass is 16.4. The number of benzene rings is 2. The molecule has 1 aliphatic heterocycles. The van der Waals surface area contributed by atoms with Crippen molar-refractivity contribution in [3.05, 3.63) is 65.2 Å². The number of nitrogens with zero attached hydrogens (tertiary/aromatic N) is 1. The fourth-order valence-corrected chi connectivity index (χ4v) is 3.10. The summed E-state index contributed by atoms with van der Waals surface area (Å²) in [6.07, 6.45) is 1.73. The highest BCUT2D eigenvalue weighted by Gasteiger charge is 2.29. The second-order valence-electron chi connectivity index (χ2n) is 6.41. The van der Waals surface area contributed by atoms with Gasteiger partial charge in [-0.2, -0.15) is 0 Å². The first-order valence-electron chi connectivity index (χ1n) is 8.48. The molecule has 1 aliphatic rings. The average Bonchev–Trinajstić information content (AvgIpc) is 2.62. The number of aromatic carboxylic acids is 1. The zero-order valence-electron chi connectivity index (χ0n) is 14.2. The van der Waals surface area contributed by atoms with Crippen LogP contribution in [0, 0.1) is 6.92 Å². The normalized spacial score (nSPS) is 17.6. The minimum Gasteiger partial charge on any atom is -0.478 e. The number of carboxylic acids is 1. The predicted octanol–water partition coefficient (Wildman–Crippen LogP) is 2.98. The number of amides is 1. The van der Waals surface area contributed by atoms with Gasteiger partial charge in [0.05, 0.1) is 11.6 Å². The molecule has 130 valence electrons. The second-order valence-corrected chi connectivity index (χ2v) is 6.41. The van der Waals surface area contributed by atoms with Crippen LogP contribution >= 0.6 is 0 Å². The van der Waals surface area contributed by atoms with Crippen molar-refractivity contribution in [2.75, 3.05) is 11.4 Å². The Morgan fingerprint density at radius 3 is 2.72 bits per heavy atom. The van der Waals surface area contributed by atoms with E-state index in [9.17, 15) is 9.59 Å². The van der Waals surface area contributed by atoms with Crippen LogP contribution in [-0.2, 0) is 11.3 Å². The predicted molar refractivity (Wildman–Crippen MR) is 96.8 cm³/mol. The molecule has 1 amide bonds. The highest BCUT2D eigenvalue weighted by molar-refractivity contribution is 5.98. The van der Waals surface area contributed by atoms with Gasteiger partial charge in [0.2, 0.25) is 5.91 Å². The molecule has 1 fully saturated rings. The van der Waals surface area contributed by atoms with E-state index in [2.05, 4.69) is 5.32 Å². The molecule has 1 unspecified atom stereocenters. The topological polar surface area (TPSA) is 69.6 Å². The van der Waals surface area contributed by atoms with Gasteiger partial charge in [-0.3, -0.25) is 4.79 Å². The molecule has 0 radical (unpaired) electrons. The van der Waals surface area contributed by atoms with Crippen LogP contribution < -0.4 is 10.2 Å². The third-order valence-corrected chi connectivity index (χ3v) is 4.51. The lowest BCUT2D eigenvalue weighted by atomic mass is 10.0. The molecule has 1 saturated heterocycles. The van der Waals surface area contributed by atoms with Crippen molar-refractivity contribution in [1.29, 1.82) is 0 Å². The molecule has 2 aromatic carbocycles. The lowest BCUT2D eigenvalue weighted by Crippen LogP contribution is -2.50. The third kappa shape index (κ3) is 4.06. The Labute approximate surface area is 147 Å². The van der Waals surface area contributed by atoms with Crippen LogP contribution in [0.1, 0.15) is 34.3 Å². The number of nitrogens with one attached hydrogen (secondary N) is 1. The Bertz CT molecular complexity index is 771. The number of rotatable bonds is 5. The number of carbonyl (C=O) groups excluding carboxylic acids is 1. The zero-order valence-corrected chi connectivity index (χ0v) is 14.2. The summed E-state index contributed by atoms with van der Waals surface area (Å²) < 4.78 is 0. The summed E-state index contributed by atoms with van der Waals surface area (Å²) in [7, 11) is 0. The van der Waals surface area contributed by atoms with E-state index in [1.165, 1.54) is 5.56 Å². The molecule has 3 rings (SSSR count). The molecular weight excluding hydrogens is 316 g/mol. The van der Waals surface area contributed by atoms with Gasteiger partial charge in [-0.25, -0.2) is 4.79 Å². The van der Waals surface area contributed by atoms with Gasteiger partial charge in [-0.15, -0.1) is 0 Å². The zero-order chi connectivity index (χ0) is 17.8. The van der Waals surface area contributed by atoms with Crippen LogP contribution in [-0.4, -0.2) is 29.6 Å². The minimum absolute atomic E-state index is 0.0736. The highest BCUT2D eigenvalue weighted by Crippen LogP contribution is 2.22. The molecule has 1 atom stereocenters. The summed E-state index contributed by atoms with van der Waals surface area (Å²) in [4.78, 5) is 25.7. The first kappa shape index (κ1) is 17.2. The quantitative estimate of drug-likeness (QED) is 0.879. The van der Waals surface area contributed by atoms with E-state index in [0.717, 1.165) is 30.6 Å². The van der Waals surface area contributed by atoms with Crippen molar-refractivity contribution >= 4 is 17.6 Å². The molecule has 2 aromatic rings. The first-order chi connectivity index (χ1) is 12.0. The number of aryl methyl sites for hydroxylation is 1. The Morgan fingerprint density at radius 1 is 1.24 bits per heavy atom. The molecule has 0 saturated carbocycles. The SMILES string of the molecule is Cc1ccc(N2CCCC(NCc3cccc(C(=O)O)c3)C2=O)cc1. The van der Waals surface area contributed by atoms with Crippen molar-refractivity contribution < 1.29 is 14.7 Å². The summed E-state index contributed by atoms with van der Waals surface area (Å²) in [5.74, 6) is -0.870. The van der Waals surface area contributed by atoms with Gasteiger partial charge in [0.1, 0.15) is 0 Å². The molecule has 0 aromatic heterocycles. The molecule has 0 bridgehead atoms. The summed E-state index contributed by atoms with van der Waals surface area (Å²) in [6, 6.07) is 14.5. The first-order valence-corrected chi connectivity index (χ1v) is 8.48. The smallest absolute Gasteiger partial charge is 0.335 e. The fraction of sp³-hybridized carbons (Fsp3) is 0.300. The van der Waals surface area contributed by atoms with E-state index < -0.39 is 5.97 Å². The van der Waals surface area contributed by atoms with Crippen molar-refractivity contribution in [3.63, 3.8) is 0 Å². The van der Waals surface area contributed by atoms with Gasteiger partial charge in [0, 0.05) is 18.8 Å². The van der Waals surface area contributed by atoms with Crippen molar-refractivity contribution in [3.8, 4) is 0 Å². The Morgan fingerprint density at radius 2 is 2.00 bits per heavy atom. The average molecular weight is 338 g/mol. The largest absolute Gasteiger partial charge is 0.478 e. The lowest BCUT2D eigenvalue weighted by Gasteiger charge is -2.33. The van der Waals surface area contributed by atoms with E-state index >= 15 is 0 Å². The lowest BCUT2D eigenvalue weighted by molar-refractivity contribution is -0.121. The minimum atomic E-state index is -0.943. The van der Waals surface area contributed by atoms with Gasteiger partial charge < -0.3 is 15.3 Å². The van der Waals surface area contributed by atoms with E-state index in [0.29, 0.717) is 6.54 Å². The number of hydrogen-bond acceptors (Lipinski definition) is 3. The van der Waals surface area contributed by atoms with Crippen LogP contribution in [0.25, 0.3) is 0 Å². The van der Waals surface area contributed by atoms with Crippen LogP contribution in [0.4, 0.5) is 5.69 Å². The monoisotopic (exact) mass is 338 g/mol. The number of piperidine rings is 1. The molecule has 25 heavy (non-hydrogen) atoms. The van der Waals surface area contributed by atoms with Crippen LogP contribution in [0.5, 0.6) is 0 Å². The van der Waals surface area contributed by atoms with Gasteiger partial charge in [-0.05, 0) is 49.6 Å². The maximum atomic E-state index is 12.8. The van der Waals surface area contributed by atoms with Crippen molar-refractivity contribution in [1.82, 2.24) is 5.32 Å². The molecule has 0 spiro atoms. The Balaban J connectivity index is 1.66. The number of anilines is 1. The second kappa shape index (κ2) is 7.49. The Kier molecular flexibility index (Phi) is 5.14. The van der Waals surface area contributed by atoms with Gasteiger partial charge in [-0.1, -0.05) is 29.8 Å². The van der Waals surface area contributed by atoms with E-state index in [-0.39, 0.29) is 17.5 Å². The maximum Gasteiger partial charge on any atom is 0.335 e. The summed E-state index contributed by atoms with van der Waals surface area (Å²) in [6.45, 7) is 3.23. The third-order valence-electron chi connectivity index (χ3n) is 4.51. The fourth-order valence-electron chi connectivity index (χ4n) is 3.10.